The van der Waals surface area contributed by atoms with Gasteiger partial charge in [-0.3, -0.25) is 4.72 Å². The van der Waals surface area contributed by atoms with Crippen molar-refractivity contribution >= 4 is 27.3 Å². The Morgan fingerprint density at radius 2 is 1.86 bits per heavy atom. The normalized spacial score (nSPS) is 11.4. The van der Waals surface area contributed by atoms with E-state index in [-0.39, 0.29) is 16.3 Å². The first-order chi connectivity index (χ1) is 9.83. The third-order valence-electron chi connectivity index (χ3n) is 2.66. The smallest absolute Gasteiger partial charge is 0.262 e. The third kappa shape index (κ3) is 3.49. The molecule has 0 spiro atoms. The van der Waals surface area contributed by atoms with Crippen molar-refractivity contribution in [2.45, 2.75) is 11.5 Å². The van der Waals surface area contributed by atoms with E-state index in [9.17, 15) is 17.2 Å². The molecule has 112 valence electrons. The highest BCUT2D eigenvalue weighted by Gasteiger charge is 2.19. The summed E-state index contributed by atoms with van der Waals surface area (Å²) in [5, 5.41) is 8.88. The number of aliphatic hydroxyl groups excluding tert-OH is 1. The number of benzene rings is 2. The van der Waals surface area contributed by atoms with Gasteiger partial charge in [-0.2, -0.15) is 0 Å². The summed E-state index contributed by atoms with van der Waals surface area (Å²) in [6.07, 6.45) is 0. The predicted octanol–water partition coefficient (Wildman–Crippen LogP) is 2.91. The van der Waals surface area contributed by atoms with E-state index in [1.165, 1.54) is 12.1 Å². The second kappa shape index (κ2) is 5.97. The van der Waals surface area contributed by atoms with Gasteiger partial charge >= 0.3 is 0 Å². The molecule has 2 aromatic rings. The molecule has 21 heavy (non-hydrogen) atoms. The van der Waals surface area contributed by atoms with Crippen molar-refractivity contribution in [2.24, 2.45) is 0 Å². The van der Waals surface area contributed by atoms with Crippen LogP contribution >= 0.6 is 11.6 Å². The molecule has 0 amide bonds. The highest BCUT2D eigenvalue weighted by atomic mass is 35.5. The minimum absolute atomic E-state index is 0.0227. The van der Waals surface area contributed by atoms with Gasteiger partial charge in [0.1, 0.15) is 11.6 Å². The Morgan fingerprint density at radius 3 is 2.48 bits per heavy atom. The molecule has 0 aliphatic rings. The molecular weight excluding hydrogens is 324 g/mol. The molecule has 0 fully saturated rings. The molecule has 0 aliphatic carbocycles. The van der Waals surface area contributed by atoms with Crippen molar-refractivity contribution in [3.8, 4) is 0 Å². The zero-order chi connectivity index (χ0) is 15.6. The Kier molecular flexibility index (Phi) is 4.46. The summed E-state index contributed by atoms with van der Waals surface area (Å²) in [4.78, 5) is -0.398. The lowest BCUT2D eigenvalue weighted by molar-refractivity contribution is 0.278. The lowest BCUT2D eigenvalue weighted by Gasteiger charge is -2.11. The number of rotatable bonds is 4. The number of halogens is 3. The van der Waals surface area contributed by atoms with Crippen molar-refractivity contribution in [3.05, 3.63) is 58.6 Å². The molecule has 0 radical (unpaired) electrons. The molecule has 2 rings (SSSR count). The molecular formula is C13H10ClF2NO3S. The molecule has 4 nitrogen and oxygen atoms in total. The monoisotopic (exact) mass is 333 g/mol. The van der Waals surface area contributed by atoms with Crippen LogP contribution in [0.3, 0.4) is 0 Å². The van der Waals surface area contributed by atoms with Gasteiger partial charge in [0.05, 0.1) is 22.2 Å². The Balaban J connectivity index is 2.42. The van der Waals surface area contributed by atoms with Crippen molar-refractivity contribution in [1.29, 1.82) is 0 Å². The van der Waals surface area contributed by atoms with Crippen LogP contribution in [0.15, 0.2) is 41.3 Å². The molecule has 0 atom stereocenters. The van der Waals surface area contributed by atoms with Crippen molar-refractivity contribution in [3.63, 3.8) is 0 Å². The summed E-state index contributed by atoms with van der Waals surface area (Å²) in [7, 11) is -4.14. The van der Waals surface area contributed by atoms with Crippen molar-refractivity contribution < 1.29 is 22.3 Å². The summed E-state index contributed by atoms with van der Waals surface area (Å²) in [5.74, 6) is -1.45. The molecule has 2 N–H and O–H groups in total. The van der Waals surface area contributed by atoms with Gasteiger partial charge in [0.15, 0.2) is 0 Å². The van der Waals surface area contributed by atoms with Gasteiger partial charge in [-0.1, -0.05) is 17.7 Å². The summed E-state index contributed by atoms with van der Waals surface area (Å²) in [5.41, 5.74) is 0.0617. The number of aliphatic hydroxyl groups is 1. The van der Waals surface area contributed by atoms with Crippen molar-refractivity contribution in [1.82, 2.24) is 0 Å². The van der Waals surface area contributed by atoms with Gasteiger partial charge in [0.2, 0.25) is 0 Å². The van der Waals surface area contributed by atoms with E-state index < -0.39 is 33.2 Å². The first-order valence-corrected chi connectivity index (χ1v) is 7.57. The minimum atomic E-state index is -4.14. The van der Waals surface area contributed by atoms with Crippen molar-refractivity contribution in [2.75, 3.05) is 4.72 Å². The molecule has 0 saturated carbocycles. The summed E-state index contributed by atoms with van der Waals surface area (Å²) in [6.45, 7) is -0.569. The summed E-state index contributed by atoms with van der Waals surface area (Å²) >= 11 is 5.56. The summed E-state index contributed by atoms with van der Waals surface area (Å²) in [6, 6.07) is 6.27. The van der Waals surface area contributed by atoms with Crippen LogP contribution in [0.1, 0.15) is 5.56 Å². The standard InChI is InChI=1S/C13H10ClF2NO3S/c14-11-6-10(3-4-12(11)16)17-21(19,20)13-5-9(15)2-1-8(13)7-18/h1-6,17-18H,7H2. The van der Waals surface area contributed by atoms with E-state index in [0.717, 1.165) is 24.3 Å². The van der Waals surface area contributed by atoms with Gasteiger partial charge in [-0.25, -0.2) is 17.2 Å². The van der Waals surface area contributed by atoms with Gasteiger partial charge in [0.25, 0.3) is 10.0 Å². The van der Waals surface area contributed by atoms with Gasteiger partial charge in [-0.05, 0) is 35.9 Å². The Hall–Kier alpha value is -1.70. The lowest BCUT2D eigenvalue weighted by Crippen LogP contribution is -2.15. The molecule has 0 aromatic heterocycles. The quantitative estimate of drug-likeness (QED) is 0.904. The highest BCUT2D eigenvalue weighted by molar-refractivity contribution is 7.92. The maximum absolute atomic E-state index is 13.2. The van der Waals surface area contributed by atoms with E-state index in [1.54, 1.807) is 0 Å². The van der Waals surface area contributed by atoms with Crippen LogP contribution in [0, 0.1) is 11.6 Å². The fraction of sp³-hybridized carbons (Fsp3) is 0.0769. The molecule has 0 saturated heterocycles. The average Bonchev–Trinajstić information content (AvgIpc) is 2.42. The molecule has 0 aliphatic heterocycles. The van der Waals surface area contributed by atoms with E-state index in [2.05, 4.69) is 4.72 Å². The van der Waals surface area contributed by atoms with Crippen LogP contribution in [-0.4, -0.2) is 13.5 Å². The first kappa shape index (κ1) is 15.7. The van der Waals surface area contributed by atoms with Crippen LogP contribution in [-0.2, 0) is 16.6 Å². The Morgan fingerprint density at radius 1 is 1.14 bits per heavy atom. The topological polar surface area (TPSA) is 66.4 Å². The zero-order valence-electron chi connectivity index (χ0n) is 10.5. The third-order valence-corrected chi connectivity index (χ3v) is 4.41. The minimum Gasteiger partial charge on any atom is -0.392 e. The molecule has 0 unspecified atom stereocenters. The van der Waals surface area contributed by atoms with Crippen LogP contribution in [0.5, 0.6) is 0 Å². The van der Waals surface area contributed by atoms with E-state index in [0.29, 0.717) is 0 Å². The average molecular weight is 334 g/mol. The number of anilines is 1. The van der Waals surface area contributed by atoms with Gasteiger partial charge < -0.3 is 5.11 Å². The Labute approximate surface area is 125 Å². The zero-order valence-corrected chi connectivity index (χ0v) is 12.0. The van der Waals surface area contributed by atoms with Gasteiger partial charge in [-0.15, -0.1) is 0 Å². The largest absolute Gasteiger partial charge is 0.392 e. The Bertz CT molecular complexity index is 781. The second-order valence-electron chi connectivity index (χ2n) is 4.14. The number of nitrogens with one attached hydrogen (secondary N) is 1. The number of sulfonamides is 1. The number of hydrogen-bond acceptors (Lipinski definition) is 3. The SMILES string of the molecule is O=S(=O)(Nc1ccc(F)c(Cl)c1)c1cc(F)ccc1CO. The van der Waals surface area contributed by atoms with Crippen LogP contribution in [0.4, 0.5) is 14.5 Å². The molecule has 2 aromatic carbocycles. The second-order valence-corrected chi connectivity index (χ2v) is 6.20. The maximum Gasteiger partial charge on any atom is 0.262 e. The lowest BCUT2D eigenvalue weighted by atomic mass is 10.2. The van der Waals surface area contributed by atoms with Crippen LogP contribution in [0.25, 0.3) is 0 Å². The maximum atomic E-state index is 13.2. The molecule has 0 bridgehead atoms. The predicted molar refractivity (Wildman–Crippen MR) is 74.5 cm³/mol. The van der Waals surface area contributed by atoms with Crippen LogP contribution < -0.4 is 4.72 Å². The van der Waals surface area contributed by atoms with E-state index >= 15 is 0 Å². The fourth-order valence-corrected chi connectivity index (χ4v) is 3.15. The number of hydrogen-bond donors (Lipinski definition) is 2. The summed E-state index contributed by atoms with van der Waals surface area (Å²) < 4.78 is 52.8. The fourth-order valence-electron chi connectivity index (χ4n) is 1.68. The van der Waals surface area contributed by atoms with Crippen LogP contribution in [0.2, 0.25) is 5.02 Å². The van der Waals surface area contributed by atoms with Gasteiger partial charge in [0, 0.05) is 0 Å². The van der Waals surface area contributed by atoms with E-state index in [1.807, 2.05) is 0 Å². The molecule has 0 heterocycles. The van der Waals surface area contributed by atoms with E-state index in [4.69, 9.17) is 16.7 Å². The highest BCUT2D eigenvalue weighted by Crippen LogP contribution is 2.24. The first-order valence-electron chi connectivity index (χ1n) is 5.70. The molecule has 8 heteroatoms.